The van der Waals surface area contributed by atoms with Crippen molar-refractivity contribution >= 4 is 17.8 Å². The number of fused-ring (bicyclic) bond motifs is 1. The molecule has 0 amide bonds. The highest BCUT2D eigenvalue weighted by molar-refractivity contribution is 6.31. The topological polar surface area (TPSA) is 76.0 Å². The molecule has 5 nitrogen and oxygen atoms in total. The highest BCUT2D eigenvalue weighted by atomic mass is 35.5. The Bertz CT molecular complexity index is 719. The summed E-state index contributed by atoms with van der Waals surface area (Å²) >= 11 is 6.31. The first kappa shape index (κ1) is 21.0. The molecule has 0 unspecified atom stereocenters. The number of unbranched alkanes of at least 4 members (excludes halogenated alkanes) is 2. The quantitative estimate of drug-likeness (QED) is 0.341. The zero-order chi connectivity index (χ0) is 20.3. The van der Waals surface area contributed by atoms with Gasteiger partial charge in [-0.1, -0.05) is 44.4 Å². The second-order valence-corrected chi connectivity index (χ2v) is 8.33. The van der Waals surface area contributed by atoms with E-state index in [0.29, 0.717) is 24.3 Å². The van der Waals surface area contributed by atoms with Crippen LogP contribution in [0.1, 0.15) is 51.0 Å². The number of benzene rings is 1. The van der Waals surface area contributed by atoms with Gasteiger partial charge in [-0.05, 0) is 60.9 Å². The second kappa shape index (κ2) is 9.19. The summed E-state index contributed by atoms with van der Waals surface area (Å²) in [5, 5.41) is 20.7. The molecule has 28 heavy (non-hydrogen) atoms. The van der Waals surface area contributed by atoms with Crippen molar-refractivity contribution in [1.82, 2.24) is 0 Å². The summed E-state index contributed by atoms with van der Waals surface area (Å²) in [6.07, 6.45) is 4.15. The number of hydrogen-bond acceptors (Lipinski definition) is 5. The summed E-state index contributed by atoms with van der Waals surface area (Å²) in [7, 11) is 0. The van der Waals surface area contributed by atoms with Crippen molar-refractivity contribution < 1.29 is 24.5 Å². The van der Waals surface area contributed by atoms with Gasteiger partial charge in [-0.2, -0.15) is 0 Å². The Morgan fingerprint density at radius 2 is 2.04 bits per heavy atom. The predicted octanol–water partition coefficient (Wildman–Crippen LogP) is 5.02. The van der Waals surface area contributed by atoms with Gasteiger partial charge in [0, 0.05) is 10.9 Å². The van der Waals surface area contributed by atoms with Crippen LogP contribution >= 0.6 is 11.6 Å². The molecule has 1 heterocycles. The minimum Gasteiger partial charge on any atom is -0.508 e. The molecule has 1 aliphatic heterocycles. The monoisotopic (exact) mass is 408 g/mol. The lowest BCUT2D eigenvalue weighted by Crippen LogP contribution is -2.26. The summed E-state index contributed by atoms with van der Waals surface area (Å²) in [4.78, 5) is 11.6. The van der Waals surface area contributed by atoms with Crippen LogP contribution in [0.2, 0.25) is 5.02 Å². The number of ether oxygens (including phenoxy) is 2. The first-order valence-electron chi connectivity index (χ1n) is 10.1. The van der Waals surface area contributed by atoms with E-state index in [-0.39, 0.29) is 29.8 Å². The molecule has 2 aliphatic rings. The van der Waals surface area contributed by atoms with Gasteiger partial charge in [0.05, 0.1) is 6.10 Å². The van der Waals surface area contributed by atoms with Gasteiger partial charge in [0.1, 0.15) is 11.9 Å². The average molecular weight is 409 g/mol. The molecule has 0 radical (unpaired) electrons. The molecule has 3 rings (SSSR count). The number of hydrogen-bond donors (Lipinski definition) is 2. The maximum absolute atomic E-state index is 11.6. The third-order valence-electron chi connectivity index (χ3n) is 5.98. The van der Waals surface area contributed by atoms with Crippen LogP contribution in [0.4, 0.5) is 4.79 Å². The van der Waals surface area contributed by atoms with E-state index in [0.717, 1.165) is 36.8 Å². The van der Waals surface area contributed by atoms with E-state index in [1.807, 2.05) is 0 Å². The van der Waals surface area contributed by atoms with Crippen LogP contribution in [-0.4, -0.2) is 34.7 Å². The van der Waals surface area contributed by atoms with Crippen LogP contribution in [0, 0.1) is 11.8 Å². The molecule has 6 heteroatoms. The number of halogens is 1. The molecule has 1 aromatic carbocycles. The van der Waals surface area contributed by atoms with E-state index >= 15 is 0 Å². The summed E-state index contributed by atoms with van der Waals surface area (Å²) in [5.74, 6) is 0.169. The molecule has 154 valence electrons. The molecule has 0 spiro atoms. The highest BCUT2D eigenvalue weighted by Crippen LogP contribution is 2.47. The van der Waals surface area contributed by atoms with E-state index < -0.39 is 12.3 Å². The predicted molar refractivity (Wildman–Crippen MR) is 107 cm³/mol. The van der Waals surface area contributed by atoms with Crippen LogP contribution in [0.15, 0.2) is 30.4 Å². The number of carbonyl (C=O) groups excluding carboxylic acids is 1. The molecule has 5 atom stereocenters. The highest BCUT2D eigenvalue weighted by Gasteiger charge is 2.54. The summed E-state index contributed by atoms with van der Waals surface area (Å²) in [5.41, 5.74) is 1.65. The number of phenolic OH excluding ortho intramolecular Hbond substituents is 1. The number of aromatic hydroxyl groups is 1. The summed E-state index contributed by atoms with van der Waals surface area (Å²) < 4.78 is 10.8. The van der Waals surface area contributed by atoms with E-state index in [1.165, 1.54) is 0 Å². The Balaban J connectivity index is 1.72. The van der Waals surface area contributed by atoms with Gasteiger partial charge in [-0.3, -0.25) is 0 Å². The van der Waals surface area contributed by atoms with Gasteiger partial charge in [-0.25, -0.2) is 4.79 Å². The molecule has 1 aromatic rings. The van der Waals surface area contributed by atoms with Gasteiger partial charge >= 0.3 is 6.16 Å². The normalized spacial score (nSPS) is 27.4. The van der Waals surface area contributed by atoms with E-state index in [4.69, 9.17) is 21.1 Å². The molecular weight excluding hydrogens is 380 g/mol. The Hall–Kier alpha value is -1.72. The molecule has 2 N–H and O–H groups in total. The number of rotatable bonds is 9. The molecule has 0 aromatic heterocycles. The zero-order valence-electron chi connectivity index (χ0n) is 16.3. The van der Waals surface area contributed by atoms with Crippen LogP contribution in [0.5, 0.6) is 5.75 Å². The average Bonchev–Trinajstić information content (AvgIpc) is 3.14. The number of carbonyl (C=O) groups is 1. The molecular formula is C22H29ClO5. The number of aliphatic hydroxyl groups excluding tert-OH is 1. The lowest BCUT2D eigenvalue weighted by atomic mass is 9.83. The third kappa shape index (κ3) is 4.64. The van der Waals surface area contributed by atoms with E-state index in [9.17, 15) is 15.0 Å². The van der Waals surface area contributed by atoms with Crippen LogP contribution in [0.3, 0.4) is 0 Å². The maximum atomic E-state index is 11.6. The van der Waals surface area contributed by atoms with Gasteiger partial charge < -0.3 is 19.7 Å². The van der Waals surface area contributed by atoms with Crippen molar-refractivity contribution in [3.8, 4) is 5.75 Å². The lowest BCUT2D eigenvalue weighted by Gasteiger charge is -2.24. The van der Waals surface area contributed by atoms with Crippen LogP contribution in [-0.2, 0) is 15.9 Å². The van der Waals surface area contributed by atoms with Gasteiger partial charge in [0.2, 0.25) is 0 Å². The number of phenols is 1. The molecule has 2 fully saturated rings. The molecule has 1 saturated carbocycles. The fourth-order valence-electron chi connectivity index (χ4n) is 4.45. The van der Waals surface area contributed by atoms with Crippen molar-refractivity contribution in [2.24, 2.45) is 11.8 Å². The minimum absolute atomic E-state index is 0.00295. The first-order valence-corrected chi connectivity index (χ1v) is 10.5. The van der Waals surface area contributed by atoms with Crippen molar-refractivity contribution in [2.45, 2.75) is 70.2 Å². The van der Waals surface area contributed by atoms with Crippen molar-refractivity contribution in [1.29, 1.82) is 0 Å². The Labute approximate surface area is 171 Å². The smallest absolute Gasteiger partial charge is 0.508 e. The van der Waals surface area contributed by atoms with E-state index in [2.05, 4.69) is 13.5 Å². The molecule has 1 saturated heterocycles. The Morgan fingerprint density at radius 1 is 1.25 bits per heavy atom. The Kier molecular flexibility index (Phi) is 6.89. The van der Waals surface area contributed by atoms with Gasteiger partial charge in [-0.15, -0.1) is 0 Å². The largest absolute Gasteiger partial charge is 0.509 e. The van der Waals surface area contributed by atoms with Crippen molar-refractivity contribution in [3.05, 3.63) is 40.9 Å². The standard InChI is InChI=1S/C22H29ClO5/c1-3-4-5-6-15(24)7-9-17-18(12-14-11-16(25)8-10-19(14)23)13(2)20-21(17)28-22(26)27-20/h8,10-11,15,17-18,20-21,24-25H,2-7,9,12H2,1H3/t15-,17+,18-,20+,21-/m0/s1. The minimum atomic E-state index is -0.654. The third-order valence-corrected chi connectivity index (χ3v) is 6.35. The molecule has 0 bridgehead atoms. The maximum Gasteiger partial charge on any atom is 0.509 e. The number of aliphatic hydroxyl groups is 1. The lowest BCUT2D eigenvalue weighted by molar-refractivity contribution is 0.0773. The second-order valence-electron chi connectivity index (χ2n) is 7.92. The van der Waals surface area contributed by atoms with Crippen LogP contribution in [0.25, 0.3) is 0 Å². The van der Waals surface area contributed by atoms with Crippen LogP contribution < -0.4 is 0 Å². The Morgan fingerprint density at radius 3 is 2.79 bits per heavy atom. The fourth-order valence-corrected chi connectivity index (χ4v) is 4.64. The van der Waals surface area contributed by atoms with Gasteiger partial charge in [0.25, 0.3) is 0 Å². The zero-order valence-corrected chi connectivity index (χ0v) is 17.0. The summed E-state index contributed by atoms with van der Waals surface area (Å²) in [6, 6.07) is 4.89. The first-order chi connectivity index (χ1) is 13.4. The van der Waals surface area contributed by atoms with Gasteiger partial charge in [0.15, 0.2) is 6.10 Å². The van der Waals surface area contributed by atoms with Crippen molar-refractivity contribution in [2.75, 3.05) is 0 Å². The fraction of sp³-hybridized carbons (Fsp3) is 0.591. The SMILES string of the molecule is C=C1[C@H]2OC(=O)O[C@H]2[C@H](CC[C@@H](O)CCCCC)[C@H]1Cc1cc(O)ccc1Cl. The van der Waals surface area contributed by atoms with E-state index in [1.54, 1.807) is 18.2 Å². The summed E-state index contributed by atoms with van der Waals surface area (Å²) in [6.45, 7) is 6.31. The molecule has 1 aliphatic carbocycles. The van der Waals surface area contributed by atoms with Crippen molar-refractivity contribution in [3.63, 3.8) is 0 Å².